The average Bonchev–Trinajstić information content (AvgIpc) is 3.61. The normalized spacial score (nSPS) is 33.7. The highest BCUT2D eigenvalue weighted by Gasteiger charge is 2.59. The molecule has 36 nitrogen and oxygen atoms in total. The maximum Gasteiger partial charge on any atom is 0.303 e. The Morgan fingerprint density at radius 3 is 1.18 bits per heavy atom. The molecule has 1 saturated carbocycles. The maximum atomic E-state index is 12.9. The van der Waals surface area contributed by atoms with Gasteiger partial charge in [0.1, 0.15) is 42.6 Å². The SMILES string of the molecule is C.CC(=O)OC1[C@H](O[C@@H]2C(OC(C)=O)[C@H](N=[N+]=[N-])CC(N=[N+]=[N-])[C@H]2O[C@H]2OC(CN=[N+]=[N-])[C@@H](OC(C)=O)[C@H](OC(C)=O)C2N=[N+]=[N-])O[C@H](CS)[C@@H]1O[C@H]1O[C@@H](CN=[N+]=[N-])[C@@H](OC(C)=O)C(OC(C)=O)C1N=[N+]=[N-].[2HH].[B]. The van der Waals surface area contributed by atoms with Gasteiger partial charge in [0, 0.05) is 86.6 Å². The second kappa shape index (κ2) is 30.1. The molecule has 0 aromatic carbocycles. The van der Waals surface area contributed by atoms with Gasteiger partial charge >= 0.3 is 35.8 Å². The van der Waals surface area contributed by atoms with Crippen LogP contribution in [0.3, 0.4) is 0 Å². The van der Waals surface area contributed by atoms with Crippen LogP contribution in [0.2, 0.25) is 0 Å². The number of esters is 6. The van der Waals surface area contributed by atoms with Gasteiger partial charge in [0.05, 0.1) is 37.4 Å². The second-order valence-corrected chi connectivity index (χ2v) is 15.9. The Kier molecular flexibility index (Phi) is 25.7. The monoisotopic (exact) mass is 1070 g/mol. The van der Waals surface area contributed by atoms with E-state index in [-0.39, 0.29) is 23.0 Å². The molecular formula is C36H52BN18O18S. The fraction of sp³-hybridized carbons (Fsp3) is 0.833. The van der Waals surface area contributed by atoms with Gasteiger partial charge in [0.15, 0.2) is 49.4 Å². The molecule has 7 unspecified atom stereocenters. The molecule has 3 radical (unpaired) electrons. The van der Waals surface area contributed by atoms with Gasteiger partial charge in [-0.2, -0.15) is 12.6 Å². The number of thiol groups is 1. The smallest absolute Gasteiger partial charge is 0.303 e. The molecule has 4 rings (SSSR count). The van der Waals surface area contributed by atoms with Gasteiger partial charge in [-0.05, 0) is 39.6 Å². The average molecular weight is 1070 g/mol. The Balaban J connectivity index is 0.00000937. The van der Waals surface area contributed by atoms with E-state index in [2.05, 4.69) is 72.8 Å². The summed E-state index contributed by atoms with van der Waals surface area (Å²) in [5.74, 6) is -6.07. The zero-order valence-electron chi connectivity index (χ0n) is 39.2. The van der Waals surface area contributed by atoms with Crippen molar-refractivity contribution in [3.63, 3.8) is 0 Å². The number of ether oxygens (including phenoxy) is 12. The van der Waals surface area contributed by atoms with Gasteiger partial charge in [0.2, 0.25) is 0 Å². The third kappa shape index (κ3) is 16.4. The summed E-state index contributed by atoms with van der Waals surface area (Å²) in [6, 6.07) is -6.47. The minimum absolute atomic E-state index is 0. The summed E-state index contributed by atoms with van der Waals surface area (Å²) in [6.07, 6.45) is -25.8. The van der Waals surface area contributed by atoms with Crippen molar-refractivity contribution in [1.29, 1.82) is 0 Å². The highest BCUT2D eigenvalue weighted by Crippen LogP contribution is 2.41. The Morgan fingerprint density at radius 2 is 0.797 bits per heavy atom. The highest BCUT2D eigenvalue weighted by atomic mass is 32.1. The number of hydrogen-bond acceptors (Lipinski definition) is 25. The molecule has 0 bridgehead atoms. The first-order valence-corrected chi connectivity index (χ1v) is 21.7. The minimum atomic E-state index is -1.95. The number of rotatable bonds is 21. The van der Waals surface area contributed by atoms with Crippen LogP contribution in [-0.2, 0) is 85.6 Å². The van der Waals surface area contributed by atoms with Gasteiger partial charge < -0.3 is 56.8 Å². The topological polar surface area (TPSA) is 506 Å². The molecule has 0 amide bonds. The Labute approximate surface area is 427 Å². The van der Waals surface area contributed by atoms with Crippen molar-refractivity contribution in [1.82, 2.24) is 0 Å². The van der Waals surface area contributed by atoms with Crippen molar-refractivity contribution < 1.29 is 87.0 Å². The zero-order chi connectivity index (χ0) is 53.2. The summed E-state index contributed by atoms with van der Waals surface area (Å²) in [5, 5.41) is 21.9. The molecule has 4 aliphatic rings. The number of azide groups is 6. The standard InChI is InChI=1S/C35H46N18O18S.CH4.B.H2/c1-11(54)60-24-17(44-50-38)7-18(45-51-39)25(69-33-22(46-52-40)29(63-14(4)57)26(61-12(2)55)19(66-33)8-42-48-36)31(24)71-35-32(65-16(6)59)28(21(10-72)68-35)70-34-23(47-53-41)30(64-15(5)58)27(62-13(3)56)20(67-34)9-43-49-37;;;/h17-35,72H,7-10H2,1-6H3;1H4;;1H/t17-,18?,19?,20+,21-,22?,23?,24?,25-,26-,27-,28+,29-,30?,31-,32?,33-,34-,35+;;;/m1.../s1/i;;;1+1. The Bertz CT molecular complexity index is 2340. The van der Waals surface area contributed by atoms with Crippen molar-refractivity contribution >= 4 is 56.9 Å². The van der Waals surface area contributed by atoms with Crippen molar-refractivity contribution in [2.45, 2.75) is 172 Å². The summed E-state index contributed by atoms with van der Waals surface area (Å²) < 4.78 is 70.7. The Hall–Kier alpha value is -7.15. The van der Waals surface area contributed by atoms with E-state index in [4.69, 9.17) is 62.4 Å². The van der Waals surface area contributed by atoms with Crippen LogP contribution in [0.4, 0.5) is 0 Å². The van der Waals surface area contributed by atoms with E-state index in [1.54, 1.807) is 0 Å². The van der Waals surface area contributed by atoms with Crippen LogP contribution in [0.15, 0.2) is 30.7 Å². The summed E-state index contributed by atoms with van der Waals surface area (Å²) >= 11 is 4.38. The van der Waals surface area contributed by atoms with E-state index >= 15 is 0 Å². The number of carbonyl (C=O) groups is 6. The van der Waals surface area contributed by atoms with Gasteiger partial charge in [-0.25, -0.2) is 0 Å². The van der Waals surface area contributed by atoms with Crippen molar-refractivity contribution in [3.8, 4) is 0 Å². The largest absolute Gasteiger partial charge is 0.459 e. The van der Waals surface area contributed by atoms with Crippen LogP contribution >= 0.6 is 12.6 Å². The quantitative estimate of drug-likeness (QED) is 0.0322. The van der Waals surface area contributed by atoms with Crippen LogP contribution in [0, 0.1) is 0 Å². The molecule has 403 valence electrons. The van der Waals surface area contributed by atoms with Crippen LogP contribution in [-0.4, -0.2) is 179 Å². The molecule has 19 atom stereocenters. The number of carbonyl (C=O) groups excluding carboxylic acids is 6. The molecule has 0 aromatic heterocycles. The van der Waals surface area contributed by atoms with Crippen LogP contribution < -0.4 is 0 Å². The fourth-order valence-electron chi connectivity index (χ4n) is 8.27. The number of hydrogen-bond donors (Lipinski definition) is 1. The summed E-state index contributed by atoms with van der Waals surface area (Å²) in [7, 11) is 0. The van der Waals surface area contributed by atoms with E-state index in [0.29, 0.717) is 0 Å². The predicted molar refractivity (Wildman–Crippen MR) is 247 cm³/mol. The predicted octanol–water partition coefficient (Wildman–Crippen LogP) is 4.08. The fourth-order valence-corrected chi connectivity index (χ4v) is 8.57. The first-order valence-electron chi connectivity index (χ1n) is 21.1. The third-order valence-electron chi connectivity index (χ3n) is 10.7. The zero-order valence-corrected chi connectivity index (χ0v) is 40.1. The van der Waals surface area contributed by atoms with Gasteiger partial charge in [-0.15, -0.1) is 0 Å². The molecular weight excluding hydrogens is 1020 g/mol. The first kappa shape index (κ1) is 63.0. The maximum absolute atomic E-state index is 12.9. The van der Waals surface area contributed by atoms with Crippen LogP contribution in [0.1, 0.15) is 56.8 Å². The van der Waals surface area contributed by atoms with Gasteiger partial charge in [0.25, 0.3) is 0 Å². The van der Waals surface area contributed by atoms with E-state index in [0.717, 1.165) is 41.5 Å². The van der Waals surface area contributed by atoms with Gasteiger partial charge in [-0.3, -0.25) is 28.8 Å². The van der Waals surface area contributed by atoms with E-state index in [1.165, 1.54) is 0 Å². The summed E-state index contributed by atoms with van der Waals surface area (Å²) in [4.78, 5) is 91.9. The minimum Gasteiger partial charge on any atom is -0.459 e. The second-order valence-electron chi connectivity index (χ2n) is 15.6. The lowest BCUT2D eigenvalue weighted by Gasteiger charge is -2.48. The molecule has 0 spiro atoms. The summed E-state index contributed by atoms with van der Waals surface area (Å²) in [6.45, 7) is 4.74. The third-order valence-corrected chi connectivity index (χ3v) is 11.0. The van der Waals surface area contributed by atoms with Crippen LogP contribution in [0.5, 0.6) is 0 Å². The Morgan fingerprint density at radius 1 is 0.459 bits per heavy atom. The number of nitrogens with zero attached hydrogens (tertiary/aromatic N) is 18. The summed E-state index contributed by atoms with van der Waals surface area (Å²) in [5.41, 5.74) is 57.2. The molecule has 3 aliphatic heterocycles. The molecule has 0 aromatic rings. The van der Waals surface area contributed by atoms with E-state index in [9.17, 15) is 56.4 Å². The lowest BCUT2D eigenvalue weighted by Crippen LogP contribution is -2.65. The molecule has 3 heterocycles. The molecule has 74 heavy (non-hydrogen) atoms. The van der Waals surface area contributed by atoms with Crippen molar-refractivity contribution in [2.75, 3.05) is 18.8 Å². The van der Waals surface area contributed by atoms with Crippen molar-refractivity contribution in [3.05, 3.63) is 62.7 Å². The van der Waals surface area contributed by atoms with Gasteiger partial charge in [-0.1, -0.05) is 38.1 Å². The molecule has 4 fully saturated rings. The lowest BCUT2D eigenvalue weighted by atomic mass is 9.83. The first-order chi connectivity index (χ1) is 34.4. The molecule has 3 saturated heterocycles. The van der Waals surface area contributed by atoms with Crippen molar-refractivity contribution in [2.24, 2.45) is 30.7 Å². The van der Waals surface area contributed by atoms with Crippen LogP contribution in [0.25, 0.3) is 62.7 Å². The molecule has 0 N–H and O–H groups in total. The molecule has 1 aliphatic carbocycles. The molecule has 38 heteroatoms. The van der Waals surface area contributed by atoms with E-state index < -0.39 is 172 Å². The highest BCUT2D eigenvalue weighted by molar-refractivity contribution is 7.80. The van der Waals surface area contributed by atoms with E-state index in [1.807, 2.05) is 0 Å². The lowest BCUT2D eigenvalue weighted by molar-refractivity contribution is -0.309.